The Morgan fingerprint density at radius 3 is 2.31 bits per heavy atom. The summed E-state index contributed by atoms with van der Waals surface area (Å²) in [5, 5.41) is 12.3. The minimum Gasteiger partial charge on any atom is -0.393 e. The average Bonchev–Trinajstić information content (AvgIpc) is 2.30. The van der Waals surface area contributed by atoms with Gasteiger partial charge < -0.3 is 15.3 Å². The predicted octanol–water partition coefficient (Wildman–Crippen LogP) is 1.59. The molecule has 2 amide bonds. The van der Waals surface area contributed by atoms with E-state index < -0.39 is 0 Å². The fourth-order valence-corrected chi connectivity index (χ4v) is 2.20. The van der Waals surface area contributed by atoms with E-state index >= 15 is 0 Å². The van der Waals surface area contributed by atoms with Gasteiger partial charge in [0, 0.05) is 19.6 Å². The first-order chi connectivity index (χ1) is 7.67. The SMILES string of the molecule is CCN(CC)C(=O)NCC1CCC(O)CC1. The third-order valence-corrected chi connectivity index (χ3v) is 3.41. The number of aliphatic hydroxyl groups excluding tert-OH is 1. The number of hydrogen-bond donors (Lipinski definition) is 2. The number of hydrogen-bond acceptors (Lipinski definition) is 2. The van der Waals surface area contributed by atoms with E-state index in [0.717, 1.165) is 45.3 Å². The van der Waals surface area contributed by atoms with Gasteiger partial charge in [-0.3, -0.25) is 0 Å². The van der Waals surface area contributed by atoms with Crippen LogP contribution in [0.2, 0.25) is 0 Å². The van der Waals surface area contributed by atoms with Crippen molar-refractivity contribution in [1.29, 1.82) is 0 Å². The van der Waals surface area contributed by atoms with Crippen LogP contribution in [0.5, 0.6) is 0 Å². The van der Waals surface area contributed by atoms with Crippen molar-refractivity contribution in [1.82, 2.24) is 10.2 Å². The van der Waals surface area contributed by atoms with E-state index in [1.165, 1.54) is 0 Å². The van der Waals surface area contributed by atoms with E-state index in [9.17, 15) is 9.90 Å². The summed E-state index contributed by atoms with van der Waals surface area (Å²) in [6.07, 6.45) is 3.70. The van der Waals surface area contributed by atoms with E-state index in [1.54, 1.807) is 4.90 Å². The fraction of sp³-hybridized carbons (Fsp3) is 0.917. The number of urea groups is 1. The highest BCUT2D eigenvalue weighted by atomic mass is 16.3. The summed E-state index contributed by atoms with van der Waals surface area (Å²) in [4.78, 5) is 13.5. The standard InChI is InChI=1S/C12H24N2O2/c1-3-14(4-2)12(16)13-9-10-5-7-11(15)8-6-10/h10-11,15H,3-9H2,1-2H3,(H,13,16). The minimum absolute atomic E-state index is 0.0381. The molecule has 0 heterocycles. The third kappa shape index (κ3) is 4.00. The second-order valence-electron chi connectivity index (χ2n) is 4.53. The lowest BCUT2D eigenvalue weighted by molar-refractivity contribution is 0.108. The lowest BCUT2D eigenvalue weighted by Crippen LogP contribution is -2.42. The monoisotopic (exact) mass is 228 g/mol. The Morgan fingerprint density at radius 2 is 1.81 bits per heavy atom. The summed E-state index contributed by atoms with van der Waals surface area (Å²) in [6, 6.07) is 0.0381. The van der Waals surface area contributed by atoms with Gasteiger partial charge in [0.1, 0.15) is 0 Å². The van der Waals surface area contributed by atoms with Gasteiger partial charge in [-0.2, -0.15) is 0 Å². The van der Waals surface area contributed by atoms with Crippen LogP contribution in [0.3, 0.4) is 0 Å². The topological polar surface area (TPSA) is 52.6 Å². The molecule has 0 saturated heterocycles. The molecule has 0 aliphatic heterocycles. The Morgan fingerprint density at radius 1 is 1.25 bits per heavy atom. The van der Waals surface area contributed by atoms with Gasteiger partial charge in [0.2, 0.25) is 0 Å². The molecule has 0 aromatic rings. The number of aliphatic hydroxyl groups is 1. The summed E-state index contributed by atoms with van der Waals surface area (Å²) in [7, 11) is 0. The number of nitrogens with zero attached hydrogens (tertiary/aromatic N) is 1. The molecule has 4 heteroatoms. The molecule has 0 atom stereocenters. The molecule has 1 rings (SSSR count). The van der Waals surface area contributed by atoms with E-state index in [1.807, 2.05) is 13.8 Å². The van der Waals surface area contributed by atoms with Crippen LogP contribution in [0.1, 0.15) is 39.5 Å². The molecule has 16 heavy (non-hydrogen) atoms. The molecule has 1 saturated carbocycles. The normalized spacial score (nSPS) is 25.2. The summed E-state index contributed by atoms with van der Waals surface area (Å²) < 4.78 is 0. The van der Waals surface area contributed by atoms with Crippen molar-refractivity contribution < 1.29 is 9.90 Å². The Balaban J connectivity index is 2.21. The summed E-state index contributed by atoms with van der Waals surface area (Å²) in [6.45, 7) is 6.24. The van der Waals surface area contributed by atoms with Crippen molar-refractivity contribution in [3.8, 4) is 0 Å². The van der Waals surface area contributed by atoms with Crippen LogP contribution in [-0.2, 0) is 0 Å². The highest BCUT2D eigenvalue weighted by Gasteiger charge is 2.20. The number of rotatable bonds is 4. The molecule has 0 radical (unpaired) electrons. The Bertz CT molecular complexity index is 209. The van der Waals surface area contributed by atoms with Crippen LogP contribution < -0.4 is 5.32 Å². The van der Waals surface area contributed by atoms with Crippen molar-refractivity contribution in [2.24, 2.45) is 5.92 Å². The minimum atomic E-state index is -0.116. The molecule has 2 N–H and O–H groups in total. The van der Waals surface area contributed by atoms with Gasteiger partial charge in [-0.25, -0.2) is 4.79 Å². The fourth-order valence-electron chi connectivity index (χ4n) is 2.20. The van der Waals surface area contributed by atoms with Gasteiger partial charge in [0.25, 0.3) is 0 Å². The van der Waals surface area contributed by atoms with Gasteiger partial charge in [-0.05, 0) is 45.4 Å². The lowest BCUT2D eigenvalue weighted by atomic mass is 9.87. The molecule has 4 nitrogen and oxygen atoms in total. The van der Waals surface area contributed by atoms with E-state index in [2.05, 4.69) is 5.32 Å². The number of carbonyl (C=O) groups is 1. The second-order valence-corrected chi connectivity index (χ2v) is 4.53. The number of carbonyl (C=O) groups excluding carboxylic acids is 1. The molecular formula is C12H24N2O2. The van der Waals surface area contributed by atoms with Crippen molar-refractivity contribution in [2.75, 3.05) is 19.6 Å². The number of amides is 2. The van der Waals surface area contributed by atoms with Crippen molar-refractivity contribution in [2.45, 2.75) is 45.6 Å². The zero-order valence-electron chi connectivity index (χ0n) is 10.4. The number of nitrogens with one attached hydrogen (secondary N) is 1. The highest BCUT2D eigenvalue weighted by molar-refractivity contribution is 5.74. The summed E-state index contributed by atoms with van der Waals surface area (Å²) in [5.74, 6) is 0.544. The molecule has 1 fully saturated rings. The first-order valence-electron chi connectivity index (χ1n) is 6.38. The molecule has 1 aliphatic carbocycles. The van der Waals surface area contributed by atoms with Crippen LogP contribution in [0, 0.1) is 5.92 Å². The lowest BCUT2D eigenvalue weighted by Gasteiger charge is -2.27. The van der Waals surface area contributed by atoms with E-state index in [4.69, 9.17) is 0 Å². The van der Waals surface area contributed by atoms with Gasteiger partial charge in [0.15, 0.2) is 0 Å². The largest absolute Gasteiger partial charge is 0.393 e. The smallest absolute Gasteiger partial charge is 0.317 e. The van der Waals surface area contributed by atoms with Gasteiger partial charge >= 0.3 is 6.03 Å². The molecule has 0 aromatic carbocycles. The molecule has 0 unspecified atom stereocenters. The van der Waals surface area contributed by atoms with E-state index in [-0.39, 0.29) is 12.1 Å². The van der Waals surface area contributed by atoms with Gasteiger partial charge in [0.05, 0.1) is 6.10 Å². The summed E-state index contributed by atoms with van der Waals surface area (Å²) in [5.41, 5.74) is 0. The zero-order valence-corrected chi connectivity index (χ0v) is 10.4. The van der Waals surface area contributed by atoms with Crippen LogP contribution in [-0.4, -0.2) is 41.8 Å². The maximum Gasteiger partial charge on any atom is 0.317 e. The summed E-state index contributed by atoms with van der Waals surface area (Å²) >= 11 is 0. The maximum atomic E-state index is 11.7. The van der Waals surface area contributed by atoms with Gasteiger partial charge in [-0.15, -0.1) is 0 Å². The molecule has 1 aliphatic rings. The van der Waals surface area contributed by atoms with Crippen LogP contribution in [0.4, 0.5) is 4.79 Å². The van der Waals surface area contributed by atoms with E-state index in [0.29, 0.717) is 5.92 Å². The first-order valence-corrected chi connectivity index (χ1v) is 6.38. The van der Waals surface area contributed by atoms with Crippen molar-refractivity contribution in [3.63, 3.8) is 0 Å². The quantitative estimate of drug-likeness (QED) is 0.767. The molecular weight excluding hydrogens is 204 g/mol. The molecule has 0 spiro atoms. The maximum absolute atomic E-state index is 11.7. The van der Waals surface area contributed by atoms with Crippen LogP contribution >= 0.6 is 0 Å². The van der Waals surface area contributed by atoms with Crippen LogP contribution in [0.15, 0.2) is 0 Å². The molecule has 0 bridgehead atoms. The van der Waals surface area contributed by atoms with Crippen LogP contribution in [0.25, 0.3) is 0 Å². The Hall–Kier alpha value is -0.770. The zero-order chi connectivity index (χ0) is 12.0. The first kappa shape index (κ1) is 13.3. The van der Waals surface area contributed by atoms with Crippen molar-refractivity contribution in [3.05, 3.63) is 0 Å². The average molecular weight is 228 g/mol. The second kappa shape index (κ2) is 6.74. The predicted molar refractivity (Wildman–Crippen MR) is 64.3 cm³/mol. The van der Waals surface area contributed by atoms with Crippen molar-refractivity contribution >= 4 is 6.03 Å². The Labute approximate surface area is 98.0 Å². The third-order valence-electron chi connectivity index (χ3n) is 3.41. The molecule has 0 aromatic heterocycles. The highest BCUT2D eigenvalue weighted by Crippen LogP contribution is 2.23. The Kier molecular flexibility index (Phi) is 5.60. The molecule has 94 valence electrons. The van der Waals surface area contributed by atoms with Gasteiger partial charge in [-0.1, -0.05) is 0 Å².